The van der Waals surface area contributed by atoms with E-state index in [0.717, 1.165) is 12.1 Å². The highest BCUT2D eigenvalue weighted by Crippen LogP contribution is 2.43. The average Bonchev–Trinajstić information content (AvgIpc) is 2.97. The summed E-state index contributed by atoms with van der Waals surface area (Å²) in [6, 6.07) is 8.91. The van der Waals surface area contributed by atoms with Crippen molar-refractivity contribution in [2.75, 3.05) is 11.4 Å². The first-order chi connectivity index (χ1) is 10.5. The Morgan fingerprint density at radius 2 is 1.95 bits per heavy atom. The lowest BCUT2D eigenvalue weighted by Gasteiger charge is -2.46. The first kappa shape index (κ1) is 15.5. The zero-order valence-electron chi connectivity index (χ0n) is 14.1. The van der Waals surface area contributed by atoms with E-state index in [2.05, 4.69) is 44.3 Å². The highest BCUT2D eigenvalue weighted by atomic mass is 16.2. The third-order valence-electron chi connectivity index (χ3n) is 5.27. The third kappa shape index (κ3) is 2.91. The number of amides is 1. The molecule has 120 valence electrons. The van der Waals surface area contributed by atoms with E-state index >= 15 is 0 Å². The standard InChI is InChI=1S/C19H28N2O/c1-14-12-19(2,3)21(17-11-7-6-10-16(14)17)18(22)13-20-15-8-4-5-9-15/h6-7,10-11,14-15,20H,4-5,8-9,12-13H2,1-3H3. The SMILES string of the molecule is CC1CC(C)(C)N(C(=O)CNC2CCCC2)c2ccccc21. The van der Waals surface area contributed by atoms with Gasteiger partial charge in [-0.05, 0) is 50.7 Å². The summed E-state index contributed by atoms with van der Waals surface area (Å²) in [5.74, 6) is 0.703. The molecule has 1 N–H and O–H groups in total. The van der Waals surface area contributed by atoms with Crippen LogP contribution in [0.2, 0.25) is 0 Å². The van der Waals surface area contributed by atoms with Gasteiger partial charge in [-0.25, -0.2) is 0 Å². The minimum Gasteiger partial charge on any atom is -0.306 e. The van der Waals surface area contributed by atoms with E-state index in [1.165, 1.54) is 31.2 Å². The molecule has 3 heteroatoms. The normalized spacial score (nSPS) is 24.3. The van der Waals surface area contributed by atoms with Gasteiger partial charge in [-0.1, -0.05) is 38.0 Å². The Labute approximate surface area is 134 Å². The lowest BCUT2D eigenvalue weighted by Crippen LogP contribution is -2.54. The van der Waals surface area contributed by atoms with Gasteiger partial charge in [0.05, 0.1) is 6.54 Å². The molecule has 1 aromatic rings. The molecular formula is C19H28N2O. The number of fused-ring (bicyclic) bond motifs is 1. The number of nitrogens with zero attached hydrogens (tertiary/aromatic N) is 1. The smallest absolute Gasteiger partial charge is 0.241 e. The second-order valence-corrected chi connectivity index (χ2v) is 7.57. The Morgan fingerprint density at radius 3 is 2.68 bits per heavy atom. The second-order valence-electron chi connectivity index (χ2n) is 7.57. The van der Waals surface area contributed by atoms with Gasteiger partial charge in [-0.2, -0.15) is 0 Å². The van der Waals surface area contributed by atoms with Crippen LogP contribution in [0, 0.1) is 0 Å². The number of para-hydroxylation sites is 1. The maximum absolute atomic E-state index is 12.9. The van der Waals surface area contributed by atoms with Crippen LogP contribution in [-0.4, -0.2) is 24.0 Å². The predicted octanol–water partition coefficient (Wildman–Crippen LogP) is 3.84. The van der Waals surface area contributed by atoms with Crippen LogP contribution < -0.4 is 10.2 Å². The van der Waals surface area contributed by atoms with Crippen LogP contribution in [0.4, 0.5) is 5.69 Å². The lowest BCUT2D eigenvalue weighted by molar-refractivity contribution is -0.119. The van der Waals surface area contributed by atoms with Crippen molar-refractivity contribution < 1.29 is 4.79 Å². The van der Waals surface area contributed by atoms with Crippen molar-refractivity contribution >= 4 is 11.6 Å². The third-order valence-corrected chi connectivity index (χ3v) is 5.27. The molecule has 1 saturated carbocycles. The summed E-state index contributed by atoms with van der Waals surface area (Å²) >= 11 is 0. The Bertz CT molecular complexity index is 546. The van der Waals surface area contributed by atoms with Gasteiger partial charge >= 0.3 is 0 Å². The Balaban J connectivity index is 1.80. The first-order valence-corrected chi connectivity index (χ1v) is 8.64. The summed E-state index contributed by atoms with van der Waals surface area (Å²) in [6.45, 7) is 7.09. The summed E-state index contributed by atoms with van der Waals surface area (Å²) < 4.78 is 0. The molecule has 0 saturated heterocycles. The van der Waals surface area contributed by atoms with Crippen molar-refractivity contribution in [2.45, 2.75) is 70.4 Å². The molecule has 0 bridgehead atoms. The van der Waals surface area contributed by atoms with E-state index in [-0.39, 0.29) is 11.4 Å². The van der Waals surface area contributed by atoms with Crippen molar-refractivity contribution in [2.24, 2.45) is 0 Å². The summed E-state index contributed by atoms with van der Waals surface area (Å²) in [4.78, 5) is 14.9. The zero-order chi connectivity index (χ0) is 15.7. The van der Waals surface area contributed by atoms with Crippen LogP contribution in [0.25, 0.3) is 0 Å². The maximum Gasteiger partial charge on any atom is 0.241 e. The van der Waals surface area contributed by atoms with Crippen molar-refractivity contribution in [3.63, 3.8) is 0 Å². The number of hydrogen-bond acceptors (Lipinski definition) is 2. The molecule has 0 spiro atoms. The van der Waals surface area contributed by atoms with Crippen LogP contribution >= 0.6 is 0 Å². The number of carbonyl (C=O) groups is 1. The molecule has 1 atom stereocenters. The minimum absolute atomic E-state index is 0.123. The molecule has 1 aliphatic carbocycles. The molecule has 1 fully saturated rings. The van der Waals surface area contributed by atoms with Gasteiger partial charge in [0.1, 0.15) is 0 Å². The van der Waals surface area contributed by atoms with Crippen LogP contribution in [0.15, 0.2) is 24.3 Å². The van der Waals surface area contributed by atoms with Crippen molar-refractivity contribution in [3.8, 4) is 0 Å². The van der Waals surface area contributed by atoms with E-state index < -0.39 is 0 Å². The molecule has 0 radical (unpaired) electrons. The van der Waals surface area contributed by atoms with Crippen LogP contribution in [0.3, 0.4) is 0 Å². The molecule has 2 aliphatic rings. The molecule has 3 nitrogen and oxygen atoms in total. The first-order valence-electron chi connectivity index (χ1n) is 8.64. The lowest BCUT2D eigenvalue weighted by atomic mass is 9.80. The largest absolute Gasteiger partial charge is 0.306 e. The highest BCUT2D eigenvalue weighted by Gasteiger charge is 2.39. The number of hydrogen-bond donors (Lipinski definition) is 1. The van der Waals surface area contributed by atoms with E-state index in [1.807, 2.05) is 11.0 Å². The second kappa shape index (κ2) is 6.04. The fourth-order valence-electron chi connectivity index (χ4n) is 4.30. The summed E-state index contributed by atoms with van der Waals surface area (Å²) in [6.07, 6.45) is 6.02. The monoisotopic (exact) mass is 300 g/mol. The Morgan fingerprint density at radius 1 is 1.27 bits per heavy atom. The average molecular weight is 300 g/mol. The molecule has 1 aromatic carbocycles. The molecule has 1 unspecified atom stereocenters. The quantitative estimate of drug-likeness (QED) is 0.920. The van der Waals surface area contributed by atoms with Gasteiger partial charge in [0, 0.05) is 17.3 Å². The Hall–Kier alpha value is -1.35. The van der Waals surface area contributed by atoms with E-state index in [1.54, 1.807) is 0 Å². The predicted molar refractivity (Wildman–Crippen MR) is 91.3 cm³/mol. The molecule has 3 rings (SSSR count). The number of benzene rings is 1. The van der Waals surface area contributed by atoms with Crippen molar-refractivity contribution in [1.29, 1.82) is 0 Å². The van der Waals surface area contributed by atoms with Gasteiger partial charge in [-0.3, -0.25) is 4.79 Å². The van der Waals surface area contributed by atoms with Crippen molar-refractivity contribution in [1.82, 2.24) is 5.32 Å². The van der Waals surface area contributed by atoms with E-state index in [4.69, 9.17) is 0 Å². The topological polar surface area (TPSA) is 32.3 Å². The van der Waals surface area contributed by atoms with Crippen LogP contribution in [0.5, 0.6) is 0 Å². The molecule has 1 heterocycles. The number of anilines is 1. The van der Waals surface area contributed by atoms with Gasteiger partial charge in [0.2, 0.25) is 5.91 Å². The molecular weight excluding hydrogens is 272 g/mol. The maximum atomic E-state index is 12.9. The number of rotatable bonds is 3. The van der Waals surface area contributed by atoms with E-state index in [9.17, 15) is 4.79 Å². The molecule has 22 heavy (non-hydrogen) atoms. The van der Waals surface area contributed by atoms with Crippen molar-refractivity contribution in [3.05, 3.63) is 29.8 Å². The van der Waals surface area contributed by atoms with Gasteiger partial charge < -0.3 is 10.2 Å². The van der Waals surface area contributed by atoms with Crippen LogP contribution in [0.1, 0.15) is 64.4 Å². The van der Waals surface area contributed by atoms with Gasteiger partial charge in [-0.15, -0.1) is 0 Å². The van der Waals surface area contributed by atoms with Gasteiger partial charge in [0.15, 0.2) is 0 Å². The minimum atomic E-state index is -0.123. The Kier molecular flexibility index (Phi) is 4.26. The fraction of sp³-hybridized carbons (Fsp3) is 0.632. The molecule has 1 amide bonds. The number of nitrogens with one attached hydrogen (secondary N) is 1. The highest BCUT2D eigenvalue weighted by molar-refractivity contribution is 5.97. The van der Waals surface area contributed by atoms with Gasteiger partial charge in [0.25, 0.3) is 0 Å². The molecule has 0 aromatic heterocycles. The summed E-state index contributed by atoms with van der Waals surface area (Å²) in [5.41, 5.74) is 2.28. The number of carbonyl (C=O) groups excluding carboxylic acids is 1. The zero-order valence-corrected chi connectivity index (χ0v) is 14.1. The van der Waals surface area contributed by atoms with Crippen LogP contribution in [-0.2, 0) is 4.79 Å². The molecule has 1 aliphatic heterocycles. The summed E-state index contributed by atoms with van der Waals surface area (Å²) in [5, 5.41) is 3.47. The summed E-state index contributed by atoms with van der Waals surface area (Å²) in [7, 11) is 0. The van der Waals surface area contributed by atoms with E-state index in [0.29, 0.717) is 18.5 Å². The fourth-order valence-corrected chi connectivity index (χ4v) is 4.30.